The number of nitrogens with one attached hydrogen (secondary N) is 1. The topological polar surface area (TPSA) is 50.8 Å². The second-order valence-corrected chi connectivity index (χ2v) is 5.60. The second kappa shape index (κ2) is 7.31. The molecule has 0 saturated carbocycles. The minimum Gasteiger partial charge on any atom is -0.497 e. The molecule has 1 heterocycles. The minimum absolute atomic E-state index is 0.00688. The molecule has 0 aliphatic carbocycles. The zero-order valence-corrected chi connectivity index (χ0v) is 13.0. The fraction of sp³-hybridized carbons (Fsp3) is 0.562. The lowest BCUT2D eigenvalue weighted by molar-refractivity contribution is -0.117. The molecule has 1 aliphatic rings. The van der Waals surface area contributed by atoms with Crippen LogP contribution in [0.1, 0.15) is 19.8 Å². The highest BCUT2D eigenvalue weighted by Crippen LogP contribution is 2.29. The average Bonchev–Trinajstić information content (AvgIpc) is 2.47. The van der Waals surface area contributed by atoms with E-state index in [1.54, 1.807) is 32.4 Å². The molecule has 1 saturated heterocycles. The van der Waals surface area contributed by atoms with Crippen molar-refractivity contribution in [3.8, 4) is 11.5 Å². The zero-order chi connectivity index (χ0) is 15.2. The maximum atomic E-state index is 12.2. The number of methoxy groups -OCH3 is 2. The van der Waals surface area contributed by atoms with Gasteiger partial charge in [0, 0.05) is 12.6 Å². The molecule has 1 fully saturated rings. The SMILES string of the molecule is COc1ccc(NC(=O)CN2CCC[C@@H](C)C2)c(OC)c1. The van der Waals surface area contributed by atoms with Crippen LogP contribution in [0.25, 0.3) is 0 Å². The van der Waals surface area contributed by atoms with Crippen LogP contribution in [0.3, 0.4) is 0 Å². The largest absolute Gasteiger partial charge is 0.497 e. The predicted octanol–water partition coefficient (Wildman–Crippen LogP) is 2.37. The van der Waals surface area contributed by atoms with Gasteiger partial charge in [-0.15, -0.1) is 0 Å². The summed E-state index contributed by atoms with van der Waals surface area (Å²) >= 11 is 0. The lowest BCUT2D eigenvalue weighted by Crippen LogP contribution is -2.39. The van der Waals surface area contributed by atoms with E-state index in [2.05, 4.69) is 17.1 Å². The van der Waals surface area contributed by atoms with Crippen LogP contribution in [-0.2, 0) is 4.79 Å². The van der Waals surface area contributed by atoms with Crippen LogP contribution in [0.2, 0.25) is 0 Å². The summed E-state index contributed by atoms with van der Waals surface area (Å²) in [6.07, 6.45) is 2.42. The summed E-state index contributed by atoms with van der Waals surface area (Å²) < 4.78 is 10.4. The van der Waals surface area contributed by atoms with Crippen LogP contribution in [0.5, 0.6) is 11.5 Å². The van der Waals surface area contributed by atoms with Crippen molar-refractivity contribution < 1.29 is 14.3 Å². The van der Waals surface area contributed by atoms with Crippen LogP contribution in [0, 0.1) is 5.92 Å². The molecule has 21 heavy (non-hydrogen) atoms. The number of ether oxygens (including phenoxy) is 2. The number of carbonyl (C=O) groups is 1. The van der Waals surface area contributed by atoms with Crippen LogP contribution in [0.15, 0.2) is 18.2 Å². The van der Waals surface area contributed by atoms with E-state index in [1.807, 2.05) is 0 Å². The maximum absolute atomic E-state index is 12.2. The molecule has 0 aromatic heterocycles. The molecule has 0 unspecified atom stereocenters. The van der Waals surface area contributed by atoms with Gasteiger partial charge in [-0.3, -0.25) is 9.69 Å². The molecule has 0 spiro atoms. The molecule has 1 N–H and O–H groups in total. The standard InChI is InChI=1S/C16H24N2O3/c1-12-5-4-8-18(10-12)11-16(19)17-14-7-6-13(20-2)9-15(14)21-3/h6-7,9,12H,4-5,8,10-11H2,1-3H3,(H,17,19)/t12-/m1/s1. The van der Waals surface area contributed by atoms with Crippen LogP contribution >= 0.6 is 0 Å². The van der Waals surface area contributed by atoms with Gasteiger partial charge in [-0.25, -0.2) is 0 Å². The number of anilines is 1. The van der Waals surface area contributed by atoms with Crippen molar-refractivity contribution in [1.82, 2.24) is 4.90 Å². The van der Waals surface area contributed by atoms with Crippen molar-refractivity contribution >= 4 is 11.6 Å². The van der Waals surface area contributed by atoms with Crippen molar-refractivity contribution in [2.24, 2.45) is 5.92 Å². The lowest BCUT2D eigenvalue weighted by Gasteiger charge is -2.30. The van der Waals surface area contributed by atoms with E-state index in [9.17, 15) is 4.79 Å². The molecular formula is C16H24N2O3. The number of rotatable bonds is 5. The summed E-state index contributed by atoms with van der Waals surface area (Å²) in [7, 11) is 3.18. The first-order valence-electron chi connectivity index (χ1n) is 7.36. The molecule has 0 bridgehead atoms. The molecule has 1 aliphatic heterocycles. The van der Waals surface area contributed by atoms with Gasteiger partial charge in [0.1, 0.15) is 11.5 Å². The second-order valence-electron chi connectivity index (χ2n) is 5.60. The molecule has 0 radical (unpaired) electrons. The number of nitrogens with zero attached hydrogens (tertiary/aromatic N) is 1. The van der Waals surface area contributed by atoms with E-state index in [1.165, 1.54) is 12.8 Å². The first kappa shape index (κ1) is 15.6. The molecule has 1 amide bonds. The third-order valence-corrected chi connectivity index (χ3v) is 3.79. The maximum Gasteiger partial charge on any atom is 0.238 e. The molecule has 1 aromatic carbocycles. The molecule has 2 rings (SSSR count). The molecule has 116 valence electrons. The number of amides is 1. The Kier molecular flexibility index (Phi) is 5.44. The molecule has 5 heteroatoms. The Morgan fingerprint density at radius 3 is 2.86 bits per heavy atom. The third-order valence-electron chi connectivity index (χ3n) is 3.79. The lowest BCUT2D eigenvalue weighted by atomic mass is 10.0. The average molecular weight is 292 g/mol. The molecule has 1 atom stereocenters. The van der Waals surface area contributed by atoms with Gasteiger partial charge in [-0.05, 0) is 37.4 Å². The van der Waals surface area contributed by atoms with E-state index in [-0.39, 0.29) is 5.91 Å². The summed E-state index contributed by atoms with van der Waals surface area (Å²) in [6.45, 7) is 4.65. The first-order chi connectivity index (χ1) is 10.1. The molecular weight excluding hydrogens is 268 g/mol. The van der Waals surface area contributed by atoms with Crippen molar-refractivity contribution in [2.45, 2.75) is 19.8 Å². The normalized spacial score (nSPS) is 19.1. The third kappa shape index (κ3) is 4.36. The van der Waals surface area contributed by atoms with Gasteiger partial charge in [0.2, 0.25) is 5.91 Å². The Labute approximate surface area is 126 Å². The summed E-state index contributed by atoms with van der Waals surface area (Å²) in [5.41, 5.74) is 0.674. The Balaban J connectivity index is 1.95. The number of piperidine rings is 1. The van der Waals surface area contributed by atoms with Crippen LogP contribution < -0.4 is 14.8 Å². The Morgan fingerprint density at radius 2 is 2.19 bits per heavy atom. The summed E-state index contributed by atoms with van der Waals surface area (Å²) in [6, 6.07) is 5.37. The fourth-order valence-electron chi connectivity index (χ4n) is 2.72. The number of hydrogen-bond acceptors (Lipinski definition) is 4. The van der Waals surface area contributed by atoms with E-state index in [0.717, 1.165) is 13.1 Å². The highest BCUT2D eigenvalue weighted by atomic mass is 16.5. The predicted molar refractivity (Wildman–Crippen MR) is 83.0 cm³/mol. The van der Waals surface area contributed by atoms with E-state index in [0.29, 0.717) is 29.6 Å². The molecule has 1 aromatic rings. The van der Waals surface area contributed by atoms with Crippen molar-refractivity contribution in [3.63, 3.8) is 0 Å². The van der Waals surface area contributed by atoms with Gasteiger partial charge < -0.3 is 14.8 Å². The fourth-order valence-corrected chi connectivity index (χ4v) is 2.72. The number of benzene rings is 1. The smallest absolute Gasteiger partial charge is 0.238 e. The summed E-state index contributed by atoms with van der Waals surface area (Å²) in [5, 5.41) is 2.91. The van der Waals surface area contributed by atoms with Gasteiger partial charge in [0.15, 0.2) is 0 Å². The van der Waals surface area contributed by atoms with E-state index in [4.69, 9.17) is 9.47 Å². The van der Waals surface area contributed by atoms with Gasteiger partial charge in [-0.1, -0.05) is 6.92 Å². The Hall–Kier alpha value is -1.75. The monoisotopic (exact) mass is 292 g/mol. The van der Waals surface area contributed by atoms with Gasteiger partial charge in [-0.2, -0.15) is 0 Å². The van der Waals surface area contributed by atoms with Crippen LogP contribution in [0.4, 0.5) is 5.69 Å². The number of hydrogen-bond donors (Lipinski definition) is 1. The zero-order valence-electron chi connectivity index (χ0n) is 13.0. The van der Waals surface area contributed by atoms with Crippen molar-refractivity contribution in [3.05, 3.63) is 18.2 Å². The summed E-state index contributed by atoms with van der Waals surface area (Å²) in [4.78, 5) is 14.4. The highest BCUT2D eigenvalue weighted by molar-refractivity contribution is 5.93. The minimum atomic E-state index is -0.00688. The Bertz CT molecular complexity index is 490. The quantitative estimate of drug-likeness (QED) is 0.905. The number of likely N-dealkylation sites (tertiary alicyclic amines) is 1. The summed E-state index contributed by atoms with van der Waals surface area (Å²) in [5.74, 6) is 1.97. The molecule has 5 nitrogen and oxygen atoms in total. The van der Waals surface area contributed by atoms with Crippen molar-refractivity contribution in [2.75, 3.05) is 39.2 Å². The number of carbonyl (C=O) groups excluding carboxylic acids is 1. The highest BCUT2D eigenvalue weighted by Gasteiger charge is 2.19. The van der Waals surface area contributed by atoms with Crippen LogP contribution in [-0.4, -0.2) is 44.7 Å². The Morgan fingerprint density at radius 1 is 1.38 bits per heavy atom. The van der Waals surface area contributed by atoms with E-state index >= 15 is 0 Å². The van der Waals surface area contributed by atoms with Gasteiger partial charge >= 0.3 is 0 Å². The van der Waals surface area contributed by atoms with Crippen molar-refractivity contribution in [1.29, 1.82) is 0 Å². The van der Waals surface area contributed by atoms with E-state index < -0.39 is 0 Å². The first-order valence-corrected chi connectivity index (χ1v) is 7.36. The van der Waals surface area contributed by atoms with Gasteiger partial charge in [0.25, 0.3) is 0 Å². The van der Waals surface area contributed by atoms with Gasteiger partial charge in [0.05, 0.1) is 26.5 Å².